The summed E-state index contributed by atoms with van der Waals surface area (Å²) >= 11 is 0. The Morgan fingerprint density at radius 2 is 2.38 bits per heavy atom. The number of anilines is 1. The van der Waals surface area contributed by atoms with Gasteiger partial charge in [0.25, 0.3) is 0 Å². The second-order valence-electron chi connectivity index (χ2n) is 3.21. The summed E-state index contributed by atoms with van der Waals surface area (Å²) in [5.41, 5.74) is 0.787. The molecule has 0 aliphatic heterocycles. The van der Waals surface area contributed by atoms with E-state index < -0.39 is 0 Å². The van der Waals surface area contributed by atoms with Crippen LogP contribution in [-0.4, -0.2) is 17.2 Å². The van der Waals surface area contributed by atoms with E-state index in [0.29, 0.717) is 12.3 Å². The fourth-order valence-corrected chi connectivity index (χ4v) is 1.32. The molecule has 0 aliphatic carbocycles. The largest absolute Gasteiger partial charge is 0.504 e. The fourth-order valence-electron chi connectivity index (χ4n) is 1.32. The van der Waals surface area contributed by atoms with Gasteiger partial charge in [-0.25, -0.2) is 4.98 Å². The van der Waals surface area contributed by atoms with Gasteiger partial charge in [0.1, 0.15) is 5.76 Å². The van der Waals surface area contributed by atoms with Crippen molar-refractivity contribution in [3.8, 4) is 11.5 Å². The highest BCUT2D eigenvalue weighted by molar-refractivity contribution is 5.54. The molecule has 0 fully saturated rings. The van der Waals surface area contributed by atoms with E-state index in [1.165, 1.54) is 13.5 Å². The highest BCUT2D eigenvalue weighted by Gasteiger charge is 2.02. The summed E-state index contributed by atoms with van der Waals surface area (Å²) in [5, 5.41) is 12.6. The first-order chi connectivity index (χ1) is 7.79. The number of aromatic nitrogens is 1. The quantitative estimate of drug-likeness (QED) is 0.824. The third kappa shape index (κ3) is 2.25. The summed E-state index contributed by atoms with van der Waals surface area (Å²) in [6.45, 7) is 0.520. The number of phenolic OH excluding ortho intramolecular Hbond substituents is 1. The number of nitrogens with one attached hydrogen (secondary N) is 1. The molecule has 2 N–H and O–H groups in total. The van der Waals surface area contributed by atoms with Crippen LogP contribution in [-0.2, 0) is 6.54 Å². The molecule has 5 heteroatoms. The third-order valence-corrected chi connectivity index (χ3v) is 2.13. The molecule has 0 aliphatic rings. The van der Waals surface area contributed by atoms with E-state index in [-0.39, 0.29) is 5.75 Å². The van der Waals surface area contributed by atoms with Crippen LogP contribution in [0.25, 0.3) is 0 Å². The number of oxazole rings is 1. The molecule has 1 aromatic heterocycles. The third-order valence-electron chi connectivity index (χ3n) is 2.13. The average Bonchev–Trinajstić information content (AvgIpc) is 2.79. The zero-order chi connectivity index (χ0) is 11.4. The highest BCUT2D eigenvalue weighted by Crippen LogP contribution is 2.28. The van der Waals surface area contributed by atoms with Crippen molar-refractivity contribution in [1.82, 2.24) is 4.98 Å². The molecule has 1 heterocycles. The Kier molecular flexibility index (Phi) is 2.95. The van der Waals surface area contributed by atoms with Crippen LogP contribution < -0.4 is 10.1 Å². The van der Waals surface area contributed by atoms with E-state index >= 15 is 0 Å². The SMILES string of the molecule is COc1ccc(NCc2cnco2)cc1O. The molecule has 0 spiro atoms. The van der Waals surface area contributed by atoms with Crippen molar-refractivity contribution in [2.45, 2.75) is 6.54 Å². The zero-order valence-electron chi connectivity index (χ0n) is 8.80. The van der Waals surface area contributed by atoms with Crippen molar-refractivity contribution in [3.05, 3.63) is 36.5 Å². The molecule has 1 aromatic carbocycles. The summed E-state index contributed by atoms with van der Waals surface area (Å²) in [6.07, 6.45) is 3.01. The summed E-state index contributed by atoms with van der Waals surface area (Å²) in [6, 6.07) is 5.10. The van der Waals surface area contributed by atoms with Crippen molar-refractivity contribution < 1.29 is 14.3 Å². The van der Waals surface area contributed by atoms with Gasteiger partial charge in [-0.15, -0.1) is 0 Å². The van der Waals surface area contributed by atoms with Gasteiger partial charge < -0.3 is 19.6 Å². The Labute approximate surface area is 92.7 Å². The number of rotatable bonds is 4. The predicted octanol–water partition coefficient (Wildman–Crippen LogP) is 2.00. The molecule has 0 unspecified atom stereocenters. The second-order valence-corrected chi connectivity index (χ2v) is 3.21. The summed E-state index contributed by atoms with van der Waals surface area (Å²) < 4.78 is 10.0. The van der Waals surface area contributed by atoms with Crippen molar-refractivity contribution in [3.63, 3.8) is 0 Å². The lowest BCUT2D eigenvalue weighted by Crippen LogP contribution is -1.98. The summed E-state index contributed by atoms with van der Waals surface area (Å²) in [7, 11) is 1.51. The minimum Gasteiger partial charge on any atom is -0.504 e. The predicted molar refractivity (Wildman–Crippen MR) is 58.5 cm³/mol. The Morgan fingerprint density at radius 3 is 3.00 bits per heavy atom. The fraction of sp³-hybridized carbons (Fsp3) is 0.182. The first-order valence-corrected chi connectivity index (χ1v) is 4.78. The van der Waals surface area contributed by atoms with E-state index in [1.54, 1.807) is 18.3 Å². The number of nitrogens with zero attached hydrogens (tertiary/aromatic N) is 1. The Morgan fingerprint density at radius 1 is 1.50 bits per heavy atom. The lowest BCUT2D eigenvalue weighted by molar-refractivity contribution is 0.373. The van der Waals surface area contributed by atoms with Crippen molar-refractivity contribution >= 4 is 5.69 Å². The van der Waals surface area contributed by atoms with Gasteiger partial charge in [-0.2, -0.15) is 0 Å². The van der Waals surface area contributed by atoms with Crippen molar-refractivity contribution in [1.29, 1.82) is 0 Å². The molecule has 2 rings (SSSR count). The molecule has 0 bridgehead atoms. The Balaban J connectivity index is 2.02. The van der Waals surface area contributed by atoms with Crippen LogP contribution in [0.3, 0.4) is 0 Å². The molecular weight excluding hydrogens is 208 g/mol. The number of ether oxygens (including phenoxy) is 1. The first kappa shape index (κ1) is 10.4. The molecule has 0 radical (unpaired) electrons. The van der Waals surface area contributed by atoms with Crippen molar-refractivity contribution in [2.24, 2.45) is 0 Å². The maximum atomic E-state index is 9.55. The van der Waals surface area contributed by atoms with Crippen molar-refractivity contribution in [2.75, 3.05) is 12.4 Å². The molecule has 0 atom stereocenters. The van der Waals surface area contributed by atoms with Gasteiger partial charge in [-0.05, 0) is 12.1 Å². The topological polar surface area (TPSA) is 67.5 Å². The first-order valence-electron chi connectivity index (χ1n) is 4.78. The number of hydrogen-bond donors (Lipinski definition) is 2. The summed E-state index contributed by atoms with van der Waals surface area (Å²) in [5.74, 6) is 1.28. The Hall–Kier alpha value is -2.17. The van der Waals surface area contributed by atoms with E-state index in [2.05, 4.69) is 10.3 Å². The molecular formula is C11H12N2O3. The number of phenols is 1. The number of methoxy groups -OCH3 is 1. The van der Waals surface area contributed by atoms with Crippen LogP contribution in [0.2, 0.25) is 0 Å². The molecule has 0 saturated heterocycles. The van der Waals surface area contributed by atoms with Gasteiger partial charge in [-0.1, -0.05) is 0 Å². The Bertz CT molecular complexity index is 454. The average molecular weight is 220 g/mol. The number of hydrogen-bond acceptors (Lipinski definition) is 5. The van der Waals surface area contributed by atoms with E-state index in [9.17, 15) is 5.11 Å². The lowest BCUT2D eigenvalue weighted by Gasteiger charge is -2.07. The van der Waals surface area contributed by atoms with Gasteiger partial charge in [0, 0.05) is 11.8 Å². The minimum absolute atomic E-state index is 0.102. The van der Waals surface area contributed by atoms with Crippen LogP contribution in [0, 0.1) is 0 Å². The highest BCUT2D eigenvalue weighted by atomic mass is 16.5. The summed E-state index contributed by atoms with van der Waals surface area (Å²) in [4.78, 5) is 3.80. The van der Waals surface area contributed by atoms with Gasteiger partial charge >= 0.3 is 0 Å². The van der Waals surface area contributed by atoms with E-state index in [1.807, 2.05) is 6.07 Å². The normalized spacial score (nSPS) is 10.1. The second kappa shape index (κ2) is 4.57. The van der Waals surface area contributed by atoms with Crippen LogP contribution in [0.5, 0.6) is 11.5 Å². The maximum absolute atomic E-state index is 9.55. The van der Waals surface area contributed by atoms with Gasteiger partial charge in [0.2, 0.25) is 0 Å². The number of aromatic hydroxyl groups is 1. The minimum atomic E-state index is 0.102. The maximum Gasteiger partial charge on any atom is 0.180 e. The molecule has 2 aromatic rings. The van der Waals surface area contributed by atoms with Gasteiger partial charge in [0.15, 0.2) is 17.9 Å². The van der Waals surface area contributed by atoms with Gasteiger partial charge in [0.05, 0.1) is 19.9 Å². The molecule has 5 nitrogen and oxygen atoms in total. The van der Waals surface area contributed by atoms with E-state index in [4.69, 9.17) is 9.15 Å². The molecule has 16 heavy (non-hydrogen) atoms. The van der Waals surface area contributed by atoms with Gasteiger partial charge in [-0.3, -0.25) is 0 Å². The molecule has 84 valence electrons. The lowest BCUT2D eigenvalue weighted by atomic mass is 10.2. The van der Waals surface area contributed by atoms with Crippen LogP contribution in [0.4, 0.5) is 5.69 Å². The standard InChI is InChI=1S/C11H12N2O3/c1-15-11-3-2-8(4-10(11)14)13-6-9-5-12-7-16-9/h2-5,7,13-14H,6H2,1H3. The smallest absolute Gasteiger partial charge is 0.180 e. The van der Waals surface area contributed by atoms with E-state index in [0.717, 1.165) is 11.4 Å². The van der Waals surface area contributed by atoms with Crippen LogP contribution in [0.1, 0.15) is 5.76 Å². The zero-order valence-corrected chi connectivity index (χ0v) is 8.80. The van der Waals surface area contributed by atoms with Crippen LogP contribution >= 0.6 is 0 Å². The monoisotopic (exact) mass is 220 g/mol. The number of benzene rings is 1. The van der Waals surface area contributed by atoms with Crippen LogP contribution in [0.15, 0.2) is 35.2 Å². The molecule has 0 amide bonds. The molecule has 0 saturated carbocycles.